The van der Waals surface area contributed by atoms with Gasteiger partial charge in [0.2, 0.25) is 0 Å². The Balaban J connectivity index is 2.66. The zero-order valence-corrected chi connectivity index (χ0v) is 12.3. The van der Waals surface area contributed by atoms with E-state index < -0.39 is 10.0 Å². The van der Waals surface area contributed by atoms with Crippen LogP contribution in [0.5, 0.6) is 0 Å². The van der Waals surface area contributed by atoms with E-state index in [0.29, 0.717) is 10.8 Å². The minimum Gasteiger partial charge on any atom is -0.466 e. The second kappa shape index (κ2) is 6.31. The van der Waals surface area contributed by atoms with Gasteiger partial charge in [0.05, 0.1) is 13.0 Å². The van der Waals surface area contributed by atoms with Gasteiger partial charge >= 0.3 is 5.97 Å². The van der Waals surface area contributed by atoms with Gasteiger partial charge in [-0.15, -0.1) is 11.3 Å². The van der Waals surface area contributed by atoms with Crippen LogP contribution < -0.4 is 0 Å². The number of aryl methyl sites for hydroxylation is 1. The van der Waals surface area contributed by atoms with Gasteiger partial charge in [0.15, 0.2) is 0 Å². The van der Waals surface area contributed by atoms with Crippen LogP contribution >= 0.6 is 11.3 Å². The number of ether oxygens (including phenoxy) is 1. The maximum Gasteiger partial charge on any atom is 0.307 e. The standard InChI is InChI=1S/C11H17NO4S2/c1-4-16-10(13)7-8-12(3)18(14,15)11-6-5-9(2)17-11/h5-6H,4,7-8H2,1-3H3. The Morgan fingerprint density at radius 3 is 2.61 bits per heavy atom. The van der Waals surface area contributed by atoms with Crippen molar-refractivity contribution in [3.8, 4) is 0 Å². The van der Waals surface area contributed by atoms with Crippen molar-refractivity contribution in [3.63, 3.8) is 0 Å². The van der Waals surface area contributed by atoms with Gasteiger partial charge in [0.1, 0.15) is 4.21 Å². The molecule has 1 rings (SSSR count). The van der Waals surface area contributed by atoms with Crippen molar-refractivity contribution >= 4 is 27.3 Å². The Morgan fingerprint density at radius 2 is 2.11 bits per heavy atom. The minimum absolute atomic E-state index is 0.0634. The monoisotopic (exact) mass is 291 g/mol. The quantitative estimate of drug-likeness (QED) is 0.747. The molecule has 1 heterocycles. The Kier molecular flexibility index (Phi) is 5.30. The summed E-state index contributed by atoms with van der Waals surface area (Å²) in [5, 5.41) is 0. The average Bonchev–Trinajstić information content (AvgIpc) is 2.73. The average molecular weight is 291 g/mol. The topological polar surface area (TPSA) is 63.7 Å². The lowest BCUT2D eigenvalue weighted by Gasteiger charge is -2.15. The molecule has 1 aromatic heterocycles. The van der Waals surface area contributed by atoms with Crippen molar-refractivity contribution < 1.29 is 17.9 Å². The van der Waals surface area contributed by atoms with E-state index in [1.807, 2.05) is 6.92 Å². The van der Waals surface area contributed by atoms with Crippen LogP contribution in [0.25, 0.3) is 0 Å². The molecule has 0 aromatic carbocycles. The van der Waals surface area contributed by atoms with Crippen molar-refractivity contribution in [1.29, 1.82) is 0 Å². The highest BCUT2D eigenvalue weighted by Gasteiger charge is 2.22. The predicted molar refractivity (Wildman–Crippen MR) is 70.1 cm³/mol. The fraction of sp³-hybridized carbons (Fsp3) is 0.545. The lowest BCUT2D eigenvalue weighted by atomic mass is 10.4. The van der Waals surface area contributed by atoms with Crippen LogP contribution in [0.1, 0.15) is 18.2 Å². The van der Waals surface area contributed by atoms with Gasteiger partial charge in [0, 0.05) is 18.5 Å². The molecule has 0 amide bonds. The third-order valence-corrected chi connectivity index (χ3v) is 5.64. The van der Waals surface area contributed by atoms with Crippen LogP contribution in [-0.4, -0.2) is 38.9 Å². The molecule has 0 bridgehead atoms. The number of thiophene rings is 1. The molecular weight excluding hydrogens is 274 g/mol. The summed E-state index contributed by atoms with van der Waals surface area (Å²) < 4.78 is 30.4. The second-order valence-electron chi connectivity index (χ2n) is 3.75. The molecule has 0 spiro atoms. The highest BCUT2D eigenvalue weighted by atomic mass is 32.2. The van der Waals surface area contributed by atoms with E-state index in [0.717, 1.165) is 4.88 Å². The molecule has 0 aliphatic heterocycles. The molecule has 0 aliphatic rings. The number of hydrogen-bond donors (Lipinski definition) is 0. The van der Waals surface area contributed by atoms with Crippen LogP contribution in [0.15, 0.2) is 16.3 Å². The van der Waals surface area contributed by atoms with Crippen LogP contribution in [0.3, 0.4) is 0 Å². The van der Waals surface area contributed by atoms with Gasteiger partial charge in [0.25, 0.3) is 10.0 Å². The summed E-state index contributed by atoms with van der Waals surface area (Å²) in [6.45, 7) is 3.99. The molecule has 0 saturated carbocycles. The molecule has 0 aliphatic carbocycles. The van der Waals surface area contributed by atoms with E-state index in [9.17, 15) is 13.2 Å². The van der Waals surface area contributed by atoms with E-state index in [1.165, 1.54) is 22.7 Å². The third kappa shape index (κ3) is 3.79. The molecule has 1 aromatic rings. The van der Waals surface area contributed by atoms with Crippen LogP contribution in [0.4, 0.5) is 0 Å². The van der Waals surface area contributed by atoms with E-state index in [-0.39, 0.29) is 18.9 Å². The molecule has 0 unspecified atom stereocenters. The van der Waals surface area contributed by atoms with Gasteiger partial charge in [-0.2, -0.15) is 4.31 Å². The third-order valence-electron chi connectivity index (χ3n) is 2.32. The van der Waals surface area contributed by atoms with Gasteiger partial charge in [-0.25, -0.2) is 8.42 Å². The van der Waals surface area contributed by atoms with Crippen molar-refractivity contribution in [2.24, 2.45) is 0 Å². The molecule has 0 fully saturated rings. The molecular formula is C11H17NO4S2. The largest absolute Gasteiger partial charge is 0.466 e. The Labute approximate surface area is 111 Å². The summed E-state index contributed by atoms with van der Waals surface area (Å²) in [6.07, 6.45) is 0.0634. The number of carbonyl (C=O) groups is 1. The van der Waals surface area contributed by atoms with Crippen LogP contribution in [-0.2, 0) is 19.6 Å². The smallest absolute Gasteiger partial charge is 0.307 e. The van der Waals surface area contributed by atoms with E-state index in [2.05, 4.69) is 0 Å². The molecule has 0 atom stereocenters. The first-order valence-electron chi connectivity index (χ1n) is 5.56. The zero-order valence-electron chi connectivity index (χ0n) is 10.7. The van der Waals surface area contributed by atoms with Crippen molar-refractivity contribution in [2.75, 3.05) is 20.2 Å². The summed E-state index contributed by atoms with van der Waals surface area (Å²) >= 11 is 1.22. The molecule has 5 nitrogen and oxygen atoms in total. The second-order valence-corrected chi connectivity index (χ2v) is 7.31. The lowest BCUT2D eigenvalue weighted by Crippen LogP contribution is -2.29. The Morgan fingerprint density at radius 1 is 1.44 bits per heavy atom. The fourth-order valence-corrected chi connectivity index (χ4v) is 3.97. The molecule has 0 saturated heterocycles. The lowest BCUT2D eigenvalue weighted by molar-refractivity contribution is -0.143. The predicted octanol–water partition coefficient (Wildman–Crippen LogP) is 1.63. The molecule has 102 valence electrons. The van der Waals surface area contributed by atoms with Gasteiger partial charge < -0.3 is 4.74 Å². The van der Waals surface area contributed by atoms with E-state index in [1.54, 1.807) is 19.1 Å². The Hall–Kier alpha value is -0.920. The summed E-state index contributed by atoms with van der Waals surface area (Å²) in [5.41, 5.74) is 0. The van der Waals surface area contributed by atoms with Gasteiger partial charge in [-0.05, 0) is 26.0 Å². The first kappa shape index (κ1) is 15.1. The number of hydrogen-bond acceptors (Lipinski definition) is 5. The highest BCUT2D eigenvalue weighted by molar-refractivity contribution is 7.91. The van der Waals surface area contributed by atoms with E-state index >= 15 is 0 Å². The maximum absolute atomic E-state index is 12.1. The number of carbonyl (C=O) groups excluding carboxylic acids is 1. The summed E-state index contributed by atoms with van der Waals surface area (Å²) in [4.78, 5) is 12.1. The molecule has 0 radical (unpaired) electrons. The molecule has 7 heteroatoms. The van der Waals surface area contributed by atoms with Gasteiger partial charge in [-0.3, -0.25) is 4.79 Å². The van der Waals surface area contributed by atoms with Crippen molar-refractivity contribution in [3.05, 3.63) is 17.0 Å². The summed E-state index contributed by atoms with van der Waals surface area (Å²) in [7, 11) is -2.02. The number of rotatable bonds is 6. The molecule has 0 N–H and O–H groups in total. The highest BCUT2D eigenvalue weighted by Crippen LogP contribution is 2.23. The van der Waals surface area contributed by atoms with Crippen LogP contribution in [0, 0.1) is 6.92 Å². The summed E-state index contributed by atoms with van der Waals surface area (Å²) in [5.74, 6) is -0.387. The zero-order chi connectivity index (χ0) is 13.8. The normalized spacial score (nSPS) is 11.8. The van der Waals surface area contributed by atoms with Crippen molar-refractivity contribution in [1.82, 2.24) is 4.31 Å². The Bertz CT molecular complexity index is 507. The fourth-order valence-electron chi connectivity index (χ4n) is 1.31. The SMILES string of the molecule is CCOC(=O)CCN(C)S(=O)(=O)c1ccc(C)s1. The first-order chi connectivity index (χ1) is 8.37. The van der Waals surface area contributed by atoms with E-state index in [4.69, 9.17) is 4.74 Å². The maximum atomic E-state index is 12.1. The first-order valence-corrected chi connectivity index (χ1v) is 7.82. The number of esters is 1. The van der Waals surface area contributed by atoms with Crippen LogP contribution in [0.2, 0.25) is 0 Å². The van der Waals surface area contributed by atoms with Gasteiger partial charge in [-0.1, -0.05) is 0 Å². The summed E-state index contributed by atoms with van der Waals surface area (Å²) in [6, 6.07) is 3.34. The number of nitrogens with zero attached hydrogens (tertiary/aromatic N) is 1. The minimum atomic E-state index is -3.48. The number of sulfonamides is 1. The molecule has 18 heavy (non-hydrogen) atoms. The van der Waals surface area contributed by atoms with Crippen molar-refractivity contribution in [2.45, 2.75) is 24.5 Å².